The second-order valence-electron chi connectivity index (χ2n) is 5.70. The van der Waals surface area contributed by atoms with Crippen LogP contribution in [0.15, 0.2) is 42.5 Å². The van der Waals surface area contributed by atoms with Crippen LogP contribution in [0.5, 0.6) is 0 Å². The van der Waals surface area contributed by atoms with Gasteiger partial charge in [-0.25, -0.2) is 8.78 Å². The summed E-state index contributed by atoms with van der Waals surface area (Å²) in [5, 5.41) is 12.7. The van der Waals surface area contributed by atoms with Crippen molar-refractivity contribution in [2.45, 2.75) is 0 Å². The molecule has 2 N–H and O–H groups in total. The first kappa shape index (κ1) is 14.9. The number of hydrogen-bond donors (Lipinski definition) is 2. The van der Waals surface area contributed by atoms with Crippen LogP contribution in [0.25, 0.3) is 11.1 Å². The van der Waals surface area contributed by atoms with Gasteiger partial charge in [0.1, 0.15) is 11.6 Å². The van der Waals surface area contributed by atoms with E-state index in [0.717, 1.165) is 11.3 Å². The summed E-state index contributed by atoms with van der Waals surface area (Å²) in [6.45, 7) is 1.57. The van der Waals surface area contributed by atoms with Crippen LogP contribution in [0.2, 0.25) is 0 Å². The topological polar surface area (TPSA) is 41.5 Å². The highest BCUT2D eigenvalue weighted by molar-refractivity contribution is 5.77. The molecule has 22 heavy (non-hydrogen) atoms. The molecule has 0 aromatic heterocycles. The zero-order valence-corrected chi connectivity index (χ0v) is 12.0. The molecule has 0 atom stereocenters. The van der Waals surface area contributed by atoms with Crippen LogP contribution < -0.4 is 5.32 Å². The minimum Gasteiger partial charge on any atom is -0.396 e. The number of benzene rings is 2. The summed E-state index contributed by atoms with van der Waals surface area (Å²) in [5.74, 6) is -0.686. The summed E-state index contributed by atoms with van der Waals surface area (Å²) in [6, 6.07) is 10.4. The van der Waals surface area contributed by atoms with E-state index in [1.807, 2.05) is 0 Å². The average molecular weight is 305 g/mol. The summed E-state index contributed by atoms with van der Waals surface area (Å²) >= 11 is 0. The predicted molar refractivity (Wildman–Crippen MR) is 80.6 cm³/mol. The lowest BCUT2D eigenvalue weighted by molar-refractivity contribution is -0.128. The molecule has 5 heteroatoms. The first-order valence-electron chi connectivity index (χ1n) is 7.10. The Kier molecular flexibility index (Phi) is 4.09. The summed E-state index contributed by atoms with van der Waals surface area (Å²) < 4.78 is 31.8. The van der Waals surface area contributed by atoms with Gasteiger partial charge < -0.3 is 15.2 Å². The SMILES string of the molecule is OCC1(CNc2ccc(F)cc2-c2ccc(F)cc2)COC1. The lowest BCUT2D eigenvalue weighted by Crippen LogP contribution is -2.50. The number of rotatable bonds is 5. The Hall–Kier alpha value is -1.98. The van der Waals surface area contributed by atoms with Crippen LogP contribution in [0, 0.1) is 17.0 Å². The van der Waals surface area contributed by atoms with Gasteiger partial charge in [0, 0.05) is 17.8 Å². The van der Waals surface area contributed by atoms with E-state index in [0.29, 0.717) is 25.3 Å². The van der Waals surface area contributed by atoms with Crippen LogP contribution in [-0.2, 0) is 4.74 Å². The molecule has 0 aliphatic carbocycles. The Bertz CT molecular complexity index is 649. The van der Waals surface area contributed by atoms with Gasteiger partial charge >= 0.3 is 0 Å². The van der Waals surface area contributed by atoms with Crippen molar-refractivity contribution < 1.29 is 18.6 Å². The van der Waals surface area contributed by atoms with Gasteiger partial charge in [0.15, 0.2) is 0 Å². The van der Waals surface area contributed by atoms with E-state index in [-0.39, 0.29) is 23.7 Å². The van der Waals surface area contributed by atoms with Crippen molar-refractivity contribution in [3.05, 3.63) is 54.1 Å². The molecule has 0 amide bonds. The number of hydrogen-bond acceptors (Lipinski definition) is 3. The molecule has 2 aromatic carbocycles. The summed E-state index contributed by atoms with van der Waals surface area (Å²) in [6.07, 6.45) is 0. The van der Waals surface area contributed by atoms with Crippen molar-refractivity contribution in [1.82, 2.24) is 0 Å². The maximum absolute atomic E-state index is 13.6. The molecule has 0 unspecified atom stereocenters. The van der Waals surface area contributed by atoms with E-state index in [1.165, 1.54) is 24.3 Å². The average Bonchev–Trinajstić information content (AvgIpc) is 2.48. The number of ether oxygens (including phenoxy) is 1. The van der Waals surface area contributed by atoms with E-state index >= 15 is 0 Å². The van der Waals surface area contributed by atoms with Gasteiger partial charge in [0.25, 0.3) is 0 Å². The molecule has 0 bridgehead atoms. The maximum atomic E-state index is 13.6. The second kappa shape index (κ2) is 6.02. The fourth-order valence-electron chi connectivity index (χ4n) is 2.46. The predicted octanol–water partition coefficient (Wildman–Crippen LogP) is 3.05. The lowest BCUT2D eigenvalue weighted by atomic mass is 9.87. The minimum absolute atomic E-state index is 0.0348. The number of anilines is 1. The molecule has 3 rings (SSSR count). The molecular formula is C17H17F2NO2. The molecule has 0 radical (unpaired) electrons. The molecule has 1 saturated heterocycles. The Labute approximate surface area is 127 Å². The normalized spacial score (nSPS) is 16.1. The van der Waals surface area contributed by atoms with Crippen LogP contribution in [-0.4, -0.2) is 31.5 Å². The summed E-state index contributed by atoms with van der Waals surface area (Å²) in [5.41, 5.74) is 1.85. The number of aliphatic hydroxyl groups excluding tert-OH is 1. The largest absolute Gasteiger partial charge is 0.396 e. The minimum atomic E-state index is -0.353. The van der Waals surface area contributed by atoms with Gasteiger partial charge in [-0.3, -0.25) is 0 Å². The monoisotopic (exact) mass is 305 g/mol. The zero-order chi connectivity index (χ0) is 15.6. The van der Waals surface area contributed by atoms with E-state index in [9.17, 15) is 13.9 Å². The van der Waals surface area contributed by atoms with Crippen molar-refractivity contribution in [3.63, 3.8) is 0 Å². The van der Waals surface area contributed by atoms with Crippen LogP contribution in [0.1, 0.15) is 0 Å². The van der Waals surface area contributed by atoms with Crippen LogP contribution in [0.3, 0.4) is 0 Å². The third-order valence-electron chi connectivity index (χ3n) is 3.94. The summed E-state index contributed by atoms with van der Waals surface area (Å²) in [4.78, 5) is 0. The molecule has 1 heterocycles. The van der Waals surface area contributed by atoms with Gasteiger partial charge in [0.05, 0.1) is 25.2 Å². The second-order valence-corrected chi connectivity index (χ2v) is 5.70. The van der Waals surface area contributed by atoms with E-state index in [4.69, 9.17) is 4.74 Å². The van der Waals surface area contributed by atoms with Crippen molar-refractivity contribution in [3.8, 4) is 11.1 Å². The Morgan fingerprint density at radius 2 is 1.73 bits per heavy atom. The summed E-state index contributed by atoms with van der Waals surface area (Å²) in [7, 11) is 0. The van der Waals surface area contributed by atoms with Crippen LogP contribution in [0.4, 0.5) is 14.5 Å². The molecule has 1 aliphatic rings. The highest BCUT2D eigenvalue weighted by Crippen LogP contribution is 2.32. The van der Waals surface area contributed by atoms with E-state index < -0.39 is 0 Å². The van der Waals surface area contributed by atoms with Gasteiger partial charge in [-0.05, 0) is 35.9 Å². The molecule has 0 saturated carbocycles. The zero-order valence-electron chi connectivity index (χ0n) is 12.0. The molecule has 2 aromatic rings. The number of nitrogens with one attached hydrogen (secondary N) is 1. The Morgan fingerprint density at radius 1 is 1.05 bits per heavy atom. The van der Waals surface area contributed by atoms with E-state index in [2.05, 4.69) is 5.32 Å². The quantitative estimate of drug-likeness (QED) is 0.892. The first-order chi connectivity index (χ1) is 10.6. The third kappa shape index (κ3) is 2.96. The lowest BCUT2D eigenvalue weighted by Gasteiger charge is -2.40. The number of aliphatic hydroxyl groups is 1. The standard InChI is InChI=1S/C17H17F2NO2/c18-13-3-1-12(2-4-13)15-7-14(19)5-6-16(15)20-8-17(9-21)10-22-11-17/h1-7,20-21H,8-11H2. The highest BCUT2D eigenvalue weighted by atomic mass is 19.1. The van der Waals surface area contributed by atoms with Gasteiger partial charge in [0.2, 0.25) is 0 Å². The number of halogens is 2. The van der Waals surface area contributed by atoms with Gasteiger partial charge in [-0.2, -0.15) is 0 Å². The molecule has 0 spiro atoms. The van der Waals surface area contributed by atoms with Crippen molar-refractivity contribution in [2.24, 2.45) is 5.41 Å². The molecule has 116 valence electrons. The Balaban J connectivity index is 1.86. The van der Waals surface area contributed by atoms with Gasteiger partial charge in [-0.15, -0.1) is 0 Å². The Morgan fingerprint density at radius 3 is 2.32 bits per heavy atom. The van der Waals surface area contributed by atoms with Gasteiger partial charge in [-0.1, -0.05) is 12.1 Å². The third-order valence-corrected chi connectivity index (χ3v) is 3.94. The van der Waals surface area contributed by atoms with Crippen molar-refractivity contribution in [1.29, 1.82) is 0 Å². The smallest absolute Gasteiger partial charge is 0.123 e. The first-order valence-corrected chi connectivity index (χ1v) is 7.10. The fraction of sp³-hybridized carbons (Fsp3) is 0.294. The van der Waals surface area contributed by atoms with E-state index in [1.54, 1.807) is 18.2 Å². The fourth-order valence-corrected chi connectivity index (χ4v) is 2.46. The van der Waals surface area contributed by atoms with Crippen molar-refractivity contribution >= 4 is 5.69 Å². The molecule has 1 fully saturated rings. The van der Waals surface area contributed by atoms with Crippen molar-refractivity contribution in [2.75, 3.05) is 31.7 Å². The maximum Gasteiger partial charge on any atom is 0.123 e. The molecule has 1 aliphatic heterocycles. The highest BCUT2D eigenvalue weighted by Gasteiger charge is 2.37. The molecule has 3 nitrogen and oxygen atoms in total. The molecular weight excluding hydrogens is 288 g/mol. The van der Waals surface area contributed by atoms with Crippen LogP contribution >= 0.6 is 0 Å².